The molecule has 0 aliphatic carbocycles. The minimum Gasteiger partial charge on any atom is -0.395 e. The van der Waals surface area contributed by atoms with Gasteiger partial charge in [-0.15, -0.1) is 0 Å². The Morgan fingerprint density at radius 1 is 0.773 bits per heavy atom. The molecular formula is C16H37NO4S. The van der Waals surface area contributed by atoms with E-state index >= 15 is 0 Å². The van der Waals surface area contributed by atoms with Crippen molar-refractivity contribution in [2.24, 2.45) is 0 Å². The molecule has 0 heterocycles. The van der Waals surface area contributed by atoms with Crippen LogP contribution in [0.25, 0.3) is 0 Å². The number of hydrogen-bond acceptors (Lipinski definition) is 4. The van der Waals surface area contributed by atoms with Gasteiger partial charge in [-0.2, -0.15) is 8.42 Å². The smallest absolute Gasteiger partial charge is 0.267 e. The lowest BCUT2D eigenvalue weighted by Crippen LogP contribution is -2.26. The van der Waals surface area contributed by atoms with Crippen molar-refractivity contribution in [3.05, 3.63) is 0 Å². The fraction of sp³-hybridized carbons (Fsp3) is 1.00. The summed E-state index contributed by atoms with van der Waals surface area (Å²) in [5.74, 6) is -0.576. The molecule has 0 atom stereocenters. The fourth-order valence-corrected chi connectivity index (χ4v) is 2.43. The first-order valence-electron chi connectivity index (χ1n) is 8.69. The van der Waals surface area contributed by atoms with Crippen molar-refractivity contribution in [3.63, 3.8) is 0 Å². The molecule has 136 valence electrons. The van der Waals surface area contributed by atoms with Crippen LogP contribution in [0.5, 0.6) is 0 Å². The van der Waals surface area contributed by atoms with Crippen molar-refractivity contribution >= 4 is 10.1 Å². The maximum absolute atomic E-state index is 9.63. The van der Waals surface area contributed by atoms with Gasteiger partial charge in [0, 0.05) is 0 Å². The van der Waals surface area contributed by atoms with E-state index in [4.69, 9.17) is 9.66 Å². The van der Waals surface area contributed by atoms with Crippen LogP contribution in [-0.4, -0.2) is 55.0 Å². The van der Waals surface area contributed by atoms with Crippen LogP contribution in [0.1, 0.15) is 72.1 Å². The molecule has 0 rings (SSSR count). The van der Waals surface area contributed by atoms with Crippen molar-refractivity contribution in [3.8, 4) is 0 Å². The van der Waals surface area contributed by atoms with E-state index in [1.54, 1.807) is 0 Å². The van der Waals surface area contributed by atoms with Crippen molar-refractivity contribution < 1.29 is 18.1 Å². The van der Waals surface area contributed by atoms with Gasteiger partial charge in [0.15, 0.2) is 0 Å². The van der Waals surface area contributed by atoms with Crippen molar-refractivity contribution in [1.29, 1.82) is 0 Å². The minimum atomic E-state index is -3.92. The summed E-state index contributed by atoms with van der Waals surface area (Å²) in [7, 11) is -3.92. The summed E-state index contributed by atoms with van der Waals surface area (Å²) < 4.78 is 27.1. The first kappa shape index (κ1) is 24.1. The summed E-state index contributed by atoms with van der Waals surface area (Å²) in [5.41, 5.74) is 0. The lowest BCUT2D eigenvalue weighted by Gasteiger charge is -2.20. The van der Waals surface area contributed by atoms with E-state index in [2.05, 4.69) is 25.7 Å². The molecule has 0 aliphatic rings. The van der Waals surface area contributed by atoms with E-state index in [0.29, 0.717) is 0 Å². The second-order valence-electron chi connectivity index (χ2n) is 5.62. The quantitative estimate of drug-likeness (QED) is 0.397. The highest BCUT2D eigenvalue weighted by Gasteiger charge is 2.01. The molecule has 0 saturated carbocycles. The molecule has 0 unspecified atom stereocenters. The Labute approximate surface area is 137 Å². The number of hydrogen-bond donors (Lipinski definition) is 2. The molecular weight excluding hydrogens is 302 g/mol. The second-order valence-corrected chi connectivity index (χ2v) is 7.19. The minimum absolute atomic E-state index is 0.529. The molecule has 0 aromatic heterocycles. The highest BCUT2D eigenvalue weighted by molar-refractivity contribution is 7.85. The lowest BCUT2D eigenvalue weighted by atomic mass is 10.1. The lowest BCUT2D eigenvalue weighted by molar-refractivity contribution is 0.268. The summed E-state index contributed by atoms with van der Waals surface area (Å²) in [4.78, 5) is 2.62. The highest BCUT2D eigenvalue weighted by Crippen LogP contribution is 2.06. The largest absolute Gasteiger partial charge is 0.395 e. The summed E-state index contributed by atoms with van der Waals surface area (Å²) in [6.07, 6.45) is 11.1. The van der Waals surface area contributed by atoms with Crippen LogP contribution in [0.15, 0.2) is 0 Å². The van der Waals surface area contributed by atoms with Crippen LogP contribution in [0.4, 0.5) is 0 Å². The van der Waals surface area contributed by atoms with Gasteiger partial charge in [-0.1, -0.05) is 52.9 Å². The maximum Gasteiger partial charge on any atom is 0.267 e. The van der Waals surface area contributed by atoms with E-state index in [9.17, 15) is 8.42 Å². The Hall–Kier alpha value is -0.170. The van der Waals surface area contributed by atoms with Crippen LogP contribution in [0.3, 0.4) is 0 Å². The Morgan fingerprint density at radius 2 is 1.27 bits per heavy atom. The summed E-state index contributed by atoms with van der Waals surface area (Å²) >= 11 is 0. The SMILES string of the molecule is CCCCCCCCN(CCC)CCC.O=S(=O)(O)CCO. The van der Waals surface area contributed by atoms with Crippen LogP contribution in [0, 0.1) is 0 Å². The van der Waals surface area contributed by atoms with Gasteiger partial charge in [0.05, 0.1) is 12.4 Å². The van der Waals surface area contributed by atoms with Gasteiger partial charge in [-0.3, -0.25) is 4.55 Å². The van der Waals surface area contributed by atoms with Gasteiger partial charge in [-0.05, 0) is 38.9 Å². The summed E-state index contributed by atoms with van der Waals surface area (Å²) in [6, 6.07) is 0. The normalized spacial score (nSPS) is 11.4. The topological polar surface area (TPSA) is 77.8 Å². The number of aliphatic hydroxyl groups excluding tert-OH is 1. The van der Waals surface area contributed by atoms with Gasteiger partial charge in [-0.25, -0.2) is 0 Å². The predicted octanol–water partition coefficient (Wildman–Crippen LogP) is 3.34. The molecule has 0 spiro atoms. The van der Waals surface area contributed by atoms with Crippen LogP contribution in [-0.2, 0) is 10.1 Å². The zero-order valence-corrected chi connectivity index (χ0v) is 15.6. The van der Waals surface area contributed by atoms with Crippen molar-refractivity contribution in [2.45, 2.75) is 72.1 Å². The van der Waals surface area contributed by atoms with E-state index in [-0.39, 0.29) is 0 Å². The molecule has 0 radical (unpaired) electrons. The van der Waals surface area contributed by atoms with Crippen LogP contribution >= 0.6 is 0 Å². The Kier molecular flexibility index (Phi) is 18.8. The monoisotopic (exact) mass is 339 g/mol. The molecule has 5 nitrogen and oxygen atoms in total. The van der Waals surface area contributed by atoms with Gasteiger partial charge in [0.25, 0.3) is 10.1 Å². The van der Waals surface area contributed by atoms with Gasteiger partial charge >= 0.3 is 0 Å². The predicted molar refractivity (Wildman–Crippen MR) is 93.9 cm³/mol. The Bertz CT molecular complexity index is 301. The molecule has 0 amide bonds. The average molecular weight is 340 g/mol. The second kappa shape index (κ2) is 17.2. The molecule has 0 aromatic rings. The third-order valence-corrected chi connectivity index (χ3v) is 3.96. The number of aliphatic hydroxyl groups is 1. The average Bonchev–Trinajstić information content (AvgIpc) is 2.42. The summed E-state index contributed by atoms with van der Waals surface area (Å²) in [5, 5.41) is 7.86. The summed E-state index contributed by atoms with van der Waals surface area (Å²) in [6.45, 7) is 10.2. The fourth-order valence-electron chi connectivity index (χ4n) is 2.20. The molecule has 22 heavy (non-hydrogen) atoms. The molecule has 0 aromatic carbocycles. The molecule has 0 fully saturated rings. The van der Waals surface area contributed by atoms with E-state index in [1.165, 1.54) is 71.0 Å². The number of rotatable bonds is 13. The Morgan fingerprint density at radius 3 is 1.64 bits per heavy atom. The third-order valence-electron chi connectivity index (χ3n) is 3.26. The van der Waals surface area contributed by atoms with Crippen LogP contribution in [0.2, 0.25) is 0 Å². The molecule has 0 bridgehead atoms. The zero-order chi connectivity index (χ0) is 17.3. The first-order chi connectivity index (χ1) is 10.4. The van der Waals surface area contributed by atoms with Gasteiger partial charge in [0.2, 0.25) is 0 Å². The number of nitrogens with zero attached hydrogens (tertiary/aromatic N) is 1. The standard InChI is InChI=1S/C14H31N.C2H6O4S/c1-4-7-8-9-10-11-14-15(12-5-2)13-6-3;3-1-2-7(4,5)6/h4-14H2,1-3H3;3H,1-2H2,(H,4,5,6). The molecule has 6 heteroatoms. The Balaban J connectivity index is 0. The first-order valence-corrected chi connectivity index (χ1v) is 10.3. The van der Waals surface area contributed by atoms with Gasteiger partial charge < -0.3 is 10.0 Å². The van der Waals surface area contributed by atoms with E-state index in [0.717, 1.165) is 0 Å². The molecule has 0 saturated heterocycles. The maximum atomic E-state index is 9.63. The van der Waals surface area contributed by atoms with Crippen molar-refractivity contribution in [2.75, 3.05) is 32.0 Å². The van der Waals surface area contributed by atoms with Crippen molar-refractivity contribution in [1.82, 2.24) is 4.90 Å². The molecule has 0 aliphatic heterocycles. The number of unbranched alkanes of at least 4 members (excludes halogenated alkanes) is 5. The van der Waals surface area contributed by atoms with E-state index in [1.807, 2.05) is 0 Å². The zero-order valence-electron chi connectivity index (χ0n) is 14.8. The highest BCUT2D eigenvalue weighted by atomic mass is 32.2. The van der Waals surface area contributed by atoms with E-state index < -0.39 is 22.5 Å². The van der Waals surface area contributed by atoms with Crippen LogP contribution < -0.4 is 0 Å². The molecule has 2 N–H and O–H groups in total. The third kappa shape index (κ3) is 22.1. The van der Waals surface area contributed by atoms with Gasteiger partial charge in [0.1, 0.15) is 0 Å².